The highest BCUT2D eigenvalue weighted by molar-refractivity contribution is 6.10. The Hall–Kier alpha value is -1.84. The molecular formula is C17H24N2O2. The lowest BCUT2D eigenvalue weighted by Crippen LogP contribution is -2.68. The van der Waals surface area contributed by atoms with E-state index in [1.165, 1.54) is 0 Å². The molecular weight excluding hydrogens is 264 g/mol. The first-order chi connectivity index (χ1) is 9.92. The van der Waals surface area contributed by atoms with Crippen molar-refractivity contribution in [1.82, 2.24) is 5.32 Å². The lowest BCUT2D eigenvalue weighted by molar-refractivity contribution is -0.137. The molecule has 2 rings (SSSR count). The second kappa shape index (κ2) is 5.88. The van der Waals surface area contributed by atoms with Crippen molar-refractivity contribution in [3.8, 4) is 0 Å². The molecule has 114 valence electrons. The van der Waals surface area contributed by atoms with Gasteiger partial charge in [-0.1, -0.05) is 38.5 Å². The summed E-state index contributed by atoms with van der Waals surface area (Å²) in [7, 11) is 0. The van der Waals surface area contributed by atoms with Crippen molar-refractivity contribution in [2.24, 2.45) is 0 Å². The number of rotatable bonds is 4. The van der Waals surface area contributed by atoms with Crippen LogP contribution >= 0.6 is 0 Å². The summed E-state index contributed by atoms with van der Waals surface area (Å²) in [5.74, 6) is -0.120. The fraction of sp³-hybridized carbons (Fsp3) is 0.529. The number of amides is 2. The van der Waals surface area contributed by atoms with E-state index >= 15 is 0 Å². The number of hydrogen-bond donors (Lipinski definition) is 1. The van der Waals surface area contributed by atoms with E-state index in [0.717, 1.165) is 24.1 Å². The van der Waals surface area contributed by atoms with Crippen molar-refractivity contribution >= 4 is 17.5 Å². The molecule has 1 aromatic rings. The molecule has 1 unspecified atom stereocenters. The van der Waals surface area contributed by atoms with Gasteiger partial charge in [-0.05, 0) is 38.3 Å². The Kier molecular flexibility index (Phi) is 4.35. The summed E-state index contributed by atoms with van der Waals surface area (Å²) in [6, 6.07) is 7.46. The summed E-state index contributed by atoms with van der Waals surface area (Å²) >= 11 is 0. The van der Waals surface area contributed by atoms with Crippen LogP contribution in [-0.2, 0) is 16.0 Å². The third-order valence-corrected chi connectivity index (χ3v) is 3.96. The third-order valence-electron chi connectivity index (χ3n) is 3.96. The Balaban J connectivity index is 2.52. The van der Waals surface area contributed by atoms with Crippen LogP contribution in [0.2, 0.25) is 0 Å². The standard InChI is InChI=1S/C17H24N2O2/c1-5-9-12-10-7-8-11-14(12)19-13(6-2)15(20)18-17(3,4)16(19)21/h7-8,10-11,13H,5-6,9H2,1-4H3,(H,18,20). The number of piperazine rings is 1. The molecule has 1 fully saturated rings. The molecule has 1 aromatic carbocycles. The molecule has 1 atom stereocenters. The molecule has 1 heterocycles. The van der Waals surface area contributed by atoms with Crippen molar-refractivity contribution < 1.29 is 9.59 Å². The van der Waals surface area contributed by atoms with Crippen LogP contribution in [-0.4, -0.2) is 23.4 Å². The zero-order valence-electron chi connectivity index (χ0n) is 13.3. The van der Waals surface area contributed by atoms with Gasteiger partial charge in [0.1, 0.15) is 11.6 Å². The highest BCUT2D eigenvalue weighted by atomic mass is 16.2. The van der Waals surface area contributed by atoms with Gasteiger partial charge >= 0.3 is 0 Å². The minimum atomic E-state index is -0.859. The average Bonchev–Trinajstić information content (AvgIpc) is 2.43. The van der Waals surface area contributed by atoms with Crippen LogP contribution in [0.5, 0.6) is 0 Å². The number of anilines is 1. The first-order valence-corrected chi connectivity index (χ1v) is 7.66. The summed E-state index contributed by atoms with van der Waals surface area (Å²) in [5, 5.41) is 2.83. The van der Waals surface area contributed by atoms with E-state index in [9.17, 15) is 9.59 Å². The molecule has 0 radical (unpaired) electrons. The van der Waals surface area contributed by atoms with Crippen molar-refractivity contribution in [2.75, 3.05) is 4.90 Å². The van der Waals surface area contributed by atoms with Crippen molar-refractivity contribution in [3.05, 3.63) is 29.8 Å². The van der Waals surface area contributed by atoms with E-state index in [-0.39, 0.29) is 11.8 Å². The number of aryl methyl sites for hydroxylation is 1. The Morgan fingerprint density at radius 2 is 1.86 bits per heavy atom. The van der Waals surface area contributed by atoms with Gasteiger partial charge in [-0.2, -0.15) is 0 Å². The van der Waals surface area contributed by atoms with Crippen LogP contribution in [0.4, 0.5) is 5.69 Å². The number of nitrogens with zero attached hydrogens (tertiary/aromatic N) is 1. The smallest absolute Gasteiger partial charge is 0.252 e. The van der Waals surface area contributed by atoms with E-state index in [0.29, 0.717) is 6.42 Å². The topological polar surface area (TPSA) is 49.4 Å². The van der Waals surface area contributed by atoms with E-state index in [1.54, 1.807) is 18.7 Å². The van der Waals surface area contributed by atoms with Crippen LogP contribution in [0.15, 0.2) is 24.3 Å². The highest BCUT2D eigenvalue weighted by Gasteiger charge is 2.45. The summed E-state index contributed by atoms with van der Waals surface area (Å²) in [6.45, 7) is 7.57. The van der Waals surface area contributed by atoms with Crippen molar-refractivity contribution in [2.45, 2.75) is 58.5 Å². The molecule has 0 spiro atoms. The van der Waals surface area contributed by atoms with Crippen LogP contribution in [0, 0.1) is 0 Å². The number of nitrogens with one attached hydrogen (secondary N) is 1. The highest BCUT2D eigenvalue weighted by Crippen LogP contribution is 2.30. The number of carbonyl (C=O) groups is 2. The minimum absolute atomic E-state index is 0.0440. The lowest BCUT2D eigenvalue weighted by Gasteiger charge is -2.43. The molecule has 21 heavy (non-hydrogen) atoms. The van der Waals surface area contributed by atoms with Gasteiger partial charge < -0.3 is 5.32 Å². The Morgan fingerprint density at radius 1 is 1.19 bits per heavy atom. The lowest BCUT2D eigenvalue weighted by atomic mass is 9.93. The van der Waals surface area contributed by atoms with Crippen LogP contribution < -0.4 is 10.2 Å². The molecule has 1 aliphatic heterocycles. The molecule has 4 heteroatoms. The van der Waals surface area contributed by atoms with Crippen LogP contribution in [0.1, 0.15) is 46.1 Å². The molecule has 0 aliphatic carbocycles. The quantitative estimate of drug-likeness (QED) is 0.926. The fourth-order valence-electron chi connectivity index (χ4n) is 2.88. The second-order valence-corrected chi connectivity index (χ2v) is 6.09. The molecule has 1 aliphatic rings. The summed E-state index contributed by atoms with van der Waals surface area (Å²) < 4.78 is 0. The zero-order chi connectivity index (χ0) is 15.6. The number of para-hydroxylation sites is 1. The van der Waals surface area contributed by atoms with Crippen molar-refractivity contribution in [3.63, 3.8) is 0 Å². The van der Waals surface area contributed by atoms with E-state index in [1.807, 2.05) is 31.2 Å². The van der Waals surface area contributed by atoms with Crippen molar-refractivity contribution in [1.29, 1.82) is 0 Å². The second-order valence-electron chi connectivity index (χ2n) is 6.09. The number of benzene rings is 1. The normalized spacial score (nSPS) is 21.3. The molecule has 0 aromatic heterocycles. The Bertz CT molecular complexity index is 551. The van der Waals surface area contributed by atoms with E-state index in [4.69, 9.17) is 0 Å². The van der Waals surface area contributed by atoms with E-state index < -0.39 is 11.6 Å². The van der Waals surface area contributed by atoms with Gasteiger partial charge in [0, 0.05) is 5.69 Å². The fourth-order valence-corrected chi connectivity index (χ4v) is 2.88. The molecule has 1 N–H and O–H groups in total. The minimum Gasteiger partial charge on any atom is -0.340 e. The first kappa shape index (κ1) is 15.5. The number of hydrogen-bond acceptors (Lipinski definition) is 2. The van der Waals surface area contributed by atoms with Gasteiger partial charge in [-0.25, -0.2) is 0 Å². The number of carbonyl (C=O) groups excluding carboxylic acids is 2. The molecule has 0 saturated carbocycles. The third kappa shape index (κ3) is 2.80. The largest absolute Gasteiger partial charge is 0.340 e. The predicted octanol–water partition coefficient (Wildman–Crippen LogP) is 2.66. The Morgan fingerprint density at radius 3 is 2.48 bits per heavy atom. The van der Waals surface area contributed by atoms with Gasteiger partial charge in [0.25, 0.3) is 5.91 Å². The van der Waals surface area contributed by atoms with Gasteiger partial charge in [-0.15, -0.1) is 0 Å². The molecule has 4 nitrogen and oxygen atoms in total. The first-order valence-electron chi connectivity index (χ1n) is 7.66. The summed E-state index contributed by atoms with van der Waals surface area (Å²) in [4.78, 5) is 26.9. The van der Waals surface area contributed by atoms with E-state index in [2.05, 4.69) is 12.2 Å². The molecule has 1 saturated heterocycles. The molecule has 0 bridgehead atoms. The van der Waals surface area contributed by atoms with Gasteiger partial charge in [0.2, 0.25) is 5.91 Å². The summed E-state index contributed by atoms with van der Waals surface area (Å²) in [5.41, 5.74) is 1.14. The Labute approximate surface area is 126 Å². The van der Waals surface area contributed by atoms with Gasteiger partial charge in [0.05, 0.1) is 0 Å². The maximum atomic E-state index is 12.8. The van der Waals surface area contributed by atoms with Crippen LogP contribution in [0.25, 0.3) is 0 Å². The average molecular weight is 288 g/mol. The maximum Gasteiger partial charge on any atom is 0.252 e. The SMILES string of the molecule is CCCc1ccccc1N1C(=O)C(C)(C)NC(=O)C1CC. The zero-order valence-corrected chi connectivity index (χ0v) is 13.3. The van der Waals surface area contributed by atoms with Gasteiger partial charge in [0.15, 0.2) is 0 Å². The monoisotopic (exact) mass is 288 g/mol. The summed E-state index contributed by atoms with van der Waals surface area (Å²) in [6.07, 6.45) is 2.51. The van der Waals surface area contributed by atoms with Crippen LogP contribution in [0.3, 0.4) is 0 Å². The van der Waals surface area contributed by atoms with Gasteiger partial charge in [-0.3, -0.25) is 14.5 Å². The predicted molar refractivity (Wildman–Crippen MR) is 84.2 cm³/mol. The maximum absolute atomic E-state index is 12.8. The molecule has 2 amide bonds.